The second-order valence-corrected chi connectivity index (χ2v) is 6.77. The van der Waals surface area contributed by atoms with Crippen LogP contribution in [-0.2, 0) is 5.41 Å². The molecule has 0 saturated heterocycles. The van der Waals surface area contributed by atoms with Crippen LogP contribution in [-0.4, -0.2) is 24.3 Å². The van der Waals surface area contributed by atoms with E-state index < -0.39 is 0 Å². The number of rotatable bonds is 5. The molecule has 1 N–H and O–H groups in total. The number of benzene rings is 1. The summed E-state index contributed by atoms with van der Waals surface area (Å²) in [6, 6.07) is 4.08. The van der Waals surface area contributed by atoms with Crippen LogP contribution in [0.1, 0.15) is 50.5 Å². The number of nitrogens with one attached hydrogen (secondary N) is 1. The van der Waals surface area contributed by atoms with Crippen LogP contribution in [0.3, 0.4) is 0 Å². The van der Waals surface area contributed by atoms with Gasteiger partial charge in [0.05, 0.1) is 18.1 Å². The van der Waals surface area contributed by atoms with Crippen molar-refractivity contribution >= 4 is 27.4 Å². The Kier molecular flexibility index (Phi) is 5.63. The zero-order valence-corrected chi connectivity index (χ0v) is 14.7. The van der Waals surface area contributed by atoms with Crippen LogP contribution in [0.15, 0.2) is 12.1 Å². The molecule has 0 aliphatic rings. The number of carbonyl (C=O) groups excluding carboxylic acids is 1. The molecule has 1 aromatic carbocycles. The summed E-state index contributed by atoms with van der Waals surface area (Å²) in [7, 11) is 1.67. The maximum absolute atomic E-state index is 12.0. The van der Waals surface area contributed by atoms with Crippen molar-refractivity contribution in [2.75, 3.05) is 17.8 Å². The fraction of sp³-hybridized carbons (Fsp3) is 0.562. The molecule has 0 saturated carbocycles. The first-order valence-electron chi connectivity index (χ1n) is 6.79. The molecule has 0 aliphatic carbocycles. The molecule has 0 fully saturated rings. The molecule has 4 heteroatoms. The van der Waals surface area contributed by atoms with Gasteiger partial charge in [0.2, 0.25) is 0 Å². The van der Waals surface area contributed by atoms with Crippen LogP contribution in [0.25, 0.3) is 0 Å². The maximum atomic E-state index is 12.0. The molecule has 0 aliphatic heterocycles. The van der Waals surface area contributed by atoms with Gasteiger partial charge in [-0.1, -0.05) is 36.7 Å². The van der Waals surface area contributed by atoms with Gasteiger partial charge in [-0.25, -0.2) is 0 Å². The second kappa shape index (κ2) is 6.61. The lowest BCUT2D eigenvalue weighted by molar-refractivity contribution is 0.102. The van der Waals surface area contributed by atoms with E-state index in [1.54, 1.807) is 7.11 Å². The molecule has 0 unspecified atom stereocenters. The van der Waals surface area contributed by atoms with Crippen LogP contribution < -0.4 is 10.1 Å². The van der Waals surface area contributed by atoms with Gasteiger partial charge in [-0.2, -0.15) is 0 Å². The van der Waals surface area contributed by atoms with Crippen molar-refractivity contribution in [1.82, 2.24) is 0 Å². The molecule has 1 aromatic rings. The molecular formula is C16H24BrNO2. The number of alkyl halides is 1. The van der Waals surface area contributed by atoms with Crippen LogP contribution in [0, 0.1) is 0 Å². The maximum Gasteiger partial charge on any atom is 0.173 e. The predicted octanol–water partition coefficient (Wildman–Crippen LogP) is 4.39. The number of hydrogen-bond acceptors (Lipinski definition) is 3. The first kappa shape index (κ1) is 17.0. The Morgan fingerprint density at radius 3 is 2.35 bits per heavy atom. The average Bonchev–Trinajstić information content (AvgIpc) is 2.35. The van der Waals surface area contributed by atoms with Gasteiger partial charge in [-0.05, 0) is 31.4 Å². The fourth-order valence-electron chi connectivity index (χ4n) is 2.06. The first-order valence-corrected chi connectivity index (χ1v) is 7.91. The van der Waals surface area contributed by atoms with E-state index in [9.17, 15) is 4.79 Å². The molecule has 0 atom stereocenters. The Morgan fingerprint density at radius 2 is 1.95 bits per heavy atom. The summed E-state index contributed by atoms with van der Waals surface area (Å²) in [5.41, 5.74) is 2.52. The topological polar surface area (TPSA) is 38.3 Å². The van der Waals surface area contributed by atoms with Gasteiger partial charge in [0.15, 0.2) is 5.78 Å². The monoisotopic (exact) mass is 341 g/mol. The number of Topliss-reactive ketones (excluding diaryl/α,β-unsaturated/α-hetero) is 1. The lowest BCUT2D eigenvalue weighted by Crippen LogP contribution is -2.18. The second-order valence-electron chi connectivity index (χ2n) is 6.21. The summed E-state index contributed by atoms with van der Waals surface area (Å²) in [4.78, 5) is 12.0. The highest BCUT2D eigenvalue weighted by Crippen LogP contribution is 2.38. The van der Waals surface area contributed by atoms with E-state index >= 15 is 0 Å². The fourth-order valence-corrected chi connectivity index (χ4v) is 2.39. The highest BCUT2D eigenvalue weighted by atomic mass is 79.9. The molecule has 3 nitrogen and oxygen atoms in total. The number of anilines is 1. The summed E-state index contributed by atoms with van der Waals surface area (Å²) < 4.78 is 5.59. The minimum absolute atomic E-state index is 0.0740. The quantitative estimate of drug-likeness (QED) is 0.637. The molecule has 0 amide bonds. The Labute approximate surface area is 130 Å². The molecule has 1 rings (SSSR count). The average molecular weight is 342 g/mol. The van der Waals surface area contributed by atoms with E-state index in [-0.39, 0.29) is 17.2 Å². The molecular weight excluding hydrogens is 318 g/mol. The summed E-state index contributed by atoms with van der Waals surface area (Å²) >= 11 is 3.24. The number of ketones is 1. The van der Waals surface area contributed by atoms with Gasteiger partial charge in [0.25, 0.3) is 0 Å². The van der Waals surface area contributed by atoms with Crippen LogP contribution in [0.5, 0.6) is 5.75 Å². The lowest BCUT2D eigenvalue weighted by atomic mass is 9.84. The van der Waals surface area contributed by atoms with Gasteiger partial charge >= 0.3 is 0 Å². The Hall–Kier alpha value is -1.03. The summed E-state index contributed by atoms with van der Waals surface area (Å²) in [6.45, 7) is 10.5. The van der Waals surface area contributed by atoms with Crippen LogP contribution >= 0.6 is 15.9 Å². The summed E-state index contributed by atoms with van der Waals surface area (Å²) in [6.07, 6.45) is 0. The molecule has 0 aromatic heterocycles. The van der Waals surface area contributed by atoms with Crippen molar-refractivity contribution in [3.05, 3.63) is 23.3 Å². The minimum Gasteiger partial charge on any atom is -0.494 e. The van der Waals surface area contributed by atoms with E-state index in [4.69, 9.17) is 4.74 Å². The third kappa shape index (κ3) is 3.98. The lowest BCUT2D eigenvalue weighted by Gasteiger charge is -2.26. The number of methoxy groups -OCH3 is 1. The molecule has 112 valence electrons. The third-order valence-corrected chi connectivity index (χ3v) is 3.50. The number of halogens is 1. The van der Waals surface area contributed by atoms with Gasteiger partial charge < -0.3 is 10.1 Å². The number of ether oxygens (including phenoxy) is 1. The zero-order valence-electron chi connectivity index (χ0n) is 13.1. The van der Waals surface area contributed by atoms with E-state index in [1.165, 1.54) is 0 Å². The molecule has 0 heterocycles. The summed E-state index contributed by atoms with van der Waals surface area (Å²) in [5.74, 6) is 0.891. The highest BCUT2D eigenvalue weighted by molar-refractivity contribution is 9.09. The van der Waals surface area contributed by atoms with E-state index in [0.717, 1.165) is 17.0 Å². The standard InChI is InChI=1S/C16H24BrNO2/c1-10(2)18-13-8-11(14(19)9-17)7-12(15(13)20-6)16(3,4)5/h7-8,10,18H,9H2,1-6H3. The van der Waals surface area contributed by atoms with Gasteiger partial charge in [-0.3, -0.25) is 4.79 Å². The zero-order chi connectivity index (χ0) is 15.5. The van der Waals surface area contributed by atoms with E-state index in [0.29, 0.717) is 10.9 Å². The van der Waals surface area contributed by atoms with Gasteiger partial charge in [0, 0.05) is 17.2 Å². The minimum atomic E-state index is -0.0959. The van der Waals surface area contributed by atoms with Crippen LogP contribution in [0.2, 0.25) is 0 Å². The van der Waals surface area contributed by atoms with Crippen molar-refractivity contribution in [3.63, 3.8) is 0 Å². The molecule has 20 heavy (non-hydrogen) atoms. The van der Waals surface area contributed by atoms with Gasteiger partial charge in [0.1, 0.15) is 5.75 Å². The molecule has 0 radical (unpaired) electrons. The Morgan fingerprint density at radius 1 is 1.35 bits per heavy atom. The predicted molar refractivity (Wildman–Crippen MR) is 88.6 cm³/mol. The van der Waals surface area contributed by atoms with E-state index in [1.807, 2.05) is 12.1 Å². The number of carbonyl (C=O) groups is 1. The largest absolute Gasteiger partial charge is 0.494 e. The van der Waals surface area contributed by atoms with Gasteiger partial charge in [-0.15, -0.1) is 0 Å². The smallest absolute Gasteiger partial charge is 0.173 e. The first-order chi connectivity index (χ1) is 9.20. The molecule has 0 spiro atoms. The Balaban J connectivity index is 3.51. The van der Waals surface area contributed by atoms with E-state index in [2.05, 4.69) is 55.9 Å². The third-order valence-electron chi connectivity index (χ3n) is 2.99. The van der Waals surface area contributed by atoms with Crippen molar-refractivity contribution in [3.8, 4) is 5.75 Å². The van der Waals surface area contributed by atoms with Crippen molar-refractivity contribution in [2.24, 2.45) is 0 Å². The normalized spacial score (nSPS) is 11.6. The Bertz CT molecular complexity index is 490. The number of hydrogen-bond donors (Lipinski definition) is 1. The van der Waals surface area contributed by atoms with Crippen molar-refractivity contribution in [2.45, 2.75) is 46.1 Å². The highest BCUT2D eigenvalue weighted by Gasteiger charge is 2.24. The SMILES string of the molecule is COc1c(NC(C)C)cc(C(=O)CBr)cc1C(C)(C)C. The van der Waals surface area contributed by atoms with Crippen molar-refractivity contribution in [1.29, 1.82) is 0 Å². The summed E-state index contributed by atoms with van der Waals surface area (Å²) in [5, 5.41) is 3.69. The van der Waals surface area contributed by atoms with Crippen LogP contribution in [0.4, 0.5) is 5.69 Å². The molecule has 0 bridgehead atoms. The van der Waals surface area contributed by atoms with Crippen molar-refractivity contribution < 1.29 is 9.53 Å².